The van der Waals surface area contributed by atoms with Crippen molar-refractivity contribution in [3.63, 3.8) is 0 Å². The van der Waals surface area contributed by atoms with E-state index >= 15 is 0 Å². The molecule has 4 heteroatoms. The number of hydrogen-bond acceptors (Lipinski definition) is 2. The molecule has 4 rings (SSSR count). The zero-order valence-corrected chi connectivity index (χ0v) is 17.1. The predicted molar refractivity (Wildman–Crippen MR) is 101 cm³/mol. The van der Waals surface area contributed by atoms with Crippen LogP contribution < -0.4 is 21.5 Å². The Morgan fingerprint density at radius 3 is 2.52 bits per heavy atom. The van der Waals surface area contributed by atoms with E-state index in [-0.39, 0.29) is 21.5 Å². The van der Waals surface area contributed by atoms with E-state index < -0.39 is 0 Å². The normalized spacial score (nSPS) is 15.7. The number of likely N-dealkylation sites (N-methyl/N-ethyl adjacent to an activating group) is 1. The molecule has 1 aromatic carbocycles. The van der Waals surface area contributed by atoms with E-state index in [1.165, 1.54) is 33.2 Å². The Morgan fingerprint density at radius 2 is 1.84 bits per heavy atom. The van der Waals surface area contributed by atoms with Crippen molar-refractivity contribution >= 4 is 16.6 Å². The van der Waals surface area contributed by atoms with Crippen LogP contribution in [-0.2, 0) is 0 Å². The maximum absolute atomic E-state index is 4.74. The van der Waals surface area contributed by atoms with Crippen LogP contribution in [-0.4, -0.2) is 37.7 Å². The Morgan fingerprint density at radius 1 is 1.08 bits per heavy atom. The standard InChI is InChI=1S/C21H23IN3/c1-15-14-25(22-2)21-20(15)12-19(13-23-21)17-6-4-16(5-7-17)18-8-10-24(3)11-9-18/h4-8,12-14H,9-11H2,1-3H3/q-1. The molecule has 0 N–H and O–H groups in total. The van der Waals surface area contributed by atoms with Crippen molar-refractivity contribution in [3.05, 3.63) is 59.9 Å². The van der Waals surface area contributed by atoms with Gasteiger partial charge in [0.2, 0.25) is 0 Å². The van der Waals surface area contributed by atoms with Gasteiger partial charge in [0.1, 0.15) is 0 Å². The van der Waals surface area contributed by atoms with Crippen LogP contribution in [0.3, 0.4) is 0 Å². The summed E-state index contributed by atoms with van der Waals surface area (Å²) >= 11 is -0.00840. The molecule has 0 bridgehead atoms. The van der Waals surface area contributed by atoms with Crippen molar-refractivity contribution in [2.24, 2.45) is 0 Å². The van der Waals surface area contributed by atoms with Gasteiger partial charge in [0.05, 0.1) is 0 Å². The van der Waals surface area contributed by atoms with Gasteiger partial charge in [-0.15, -0.1) is 0 Å². The molecule has 0 atom stereocenters. The Hall–Kier alpha value is -1.66. The fourth-order valence-corrected chi connectivity index (χ4v) is 4.95. The monoisotopic (exact) mass is 444 g/mol. The number of fused-ring (bicyclic) bond motifs is 1. The van der Waals surface area contributed by atoms with Crippen LogP contribution in [0.5, 0.6) is 0 Å². The van der Waals surface area contributed by atoms with Gasteiger partial charge in [-0.25, -0.2) is 0 Å². The summed E-state index contributed by atoms with van der Waals surface area (Å²) in [6.45, 7) is 4.37. The van der Waals surface area contributed by atoms with Gasteiger partial charge in [0.25, 0.3) is 0 Å². The zero-order valence-electron chi connectivity index (χ0n) is 15.0. The summed E-state index contributed by atoms with van der Waals surface area (Å²) in [6.07, 6.45) is 7.74. The van der Waals surface area contributed by atoms with Crippen molar-refractivity contribution in [1.29, 1.82) is 0 Å². The van der Waals surface area contributed by atoms with Crippen LogP contribution in [0.4, 0.5) is 0 Å². The Bertz CT molecular complexity index is 938. The average Bonchev–Trinajstić information content (AvgIpc) is 2.98. The Kier molecular flexibility index (Phi) is 4.65. The molecule has 0 fully saturated rings. The number of hydrogen-bond donors (Lipinski definition) is 0. The van der Waals surface area contributed by atoms with E-state index in [0.29, 0.717) is 0 Å². The number of pyridine rings is 1. The quantitative estimate of drug-likeness (QED) is 0.448. The van der Waals surface area contributed by atoms with Gasteiger partial charge in [-0.05, 0) is 7.05 Å². The number of rotatable bonds is 3. The van der Waals surface area contributed by atoms with Crippen LogP contribution in [0.2, 0.25) is 0 Å². The molecule has 0 amide bonds. The predicted octanol–water partition coefficient (Wildman–Crippen LogP) is 1.21. The molecule has 3 nitrogen and oxygen atoms in total. The van der Waals surface area contributed by atoms with Crippen LogP contribution >= 0.6 is 0 Å². The second-order valence-corrected chi connectivity index (χ2v) is 8.71. The number of halogens is 1. The van der Waals surface area contributed by atoms with Gasteiger partial charge in [0, 0.05) is 0 Å². The fourth-order valence-electron chi connectivity index (χ4n) is 3.42. The van der Waals surface area contributed by atoms with Crippen molar-refractivity contribution in [2.75, 3.05) is 25.1 Å². The van der Waals surface area contributed by atoms with Gasteiger partial charge in [-0.3, -0.25) is 0 Å². The molecule has 2 aromatic heterocycles. The molecule has 1 aliphatic rings. The first kappa shape index (κ1) is 16.8. The van der Waals surface area contributed by atoms with Crippen LogP contribution in [0.15, 0.2) is 48.8 Å². The SMILES string of the molecule is C[I-]n1cc(C)c2cc(-c3ccc(C4=CCN(C)CC4)cc3)cnc21. The molecule has 1 aliphatic heterocycles. The van der Waals surface area contributed by atoms with E-state index in [0.717, 1.165) is 25.2 Å². The topological polar surface area (TPSA) is 21.1 Å². The second kappa shape index (κ2) is 6.92. The average molecular weight is 444 g/mol. The molecule has 0 radical (unpaired) electrons. The number of benzene rings is 1. The van der Waals surface area contributed by atoms with E-state index in [1.54, 1.807) is 0 Å². The summed E-state index contributed by atoms with van der Waals surface area (Å²) in [5, 5.41) is 1.28. The van der Waals surface area contributed by atoms with Crippen LogP contribution in [0.25, 0.3) is 27.7 Å². The minimum absolute atomic E-state index is 0.00840. The summed E-state index contributed by atoms with van der Waals surface area (Å²) in [7, 11) is 2.18. The van der Waals surface area contributed by atoms with Gasteiger partial charge >= 0.3 is 148 Å². The first-order valence-electron chi connectivity index (χ1n) is 8.62. The van der Waals surface area contributed by atoms with E-state index in [4.69, 9.17) is 4.98 Å². The van der Waals surface area contributed by atoms with Gasteiger partial charge in [-0.2, -0.15) is 0 Å². The van der Waals surface area contributed by atoms with Crippen molar-refractivity contribution in [3.8, 4) is 11.1 Å². The van der Waals surface area contributed by atoms with Gasteiger partial charge in [-0.1, -0.05) is 0 Å². The van der Waals surface area contributed by atoms with Crippen molar-refractivity contribution < 1.29 is 21.5 Å². The first-order valence-corrected chi connectivity index (χ1v) is 11.7. The minimum atomic E-state index is -0.00840. The Labute approximate surface area is 160 Å². The molecule has 0 saturated carbocycles. The van der Waals surface area contributed by atoms with E-state index in [2.05, 4.69) is 69.2 Å². The number of nitrogens with zero attached hydrogens (tertiary/aromatic N) is 3. The summed E-state index contributed by atoms with van der Waals surface area (Å²) in [5.74, 6) is 0. The van der Waals surface area contributed by atoms with Gasteiger partial charge < -0.3 is 4.90 Å². The van der Waals surface area contributed by atoms with E-state index in [9.17, 15) is 0 Å². The first-order chi connectivity index (χ1) is 12.2. The Balaban J connectivity index is 1.66. The third kappa shape index (κ3) is 3.25. The number of aryl methyl sites for hydroxylation is 1. The zero-order chi connectivity index (χ0) is 17.4. The van der Waals surface area contributed by atoms with Gasteiger partial charge in [0.15, 0.2) is 0 Å². The van der Waals surface area contributed by atoms with Crippen LogP contribution in [0.1, 0.15) is 17.5 Å². The molecular weight excluding hydrogens is 421 g/mol. The molecule has 130 valence electrons. The second-order valence-electron chi connectivity index (χ2n) is 6.71. The molecule has 0 saturated heterocycles. The molecular formula is C21H23IN3-. The van der Waals surface area contributed by atoms with Crippen molar-refractivity contribution in [2.45, 2.75) is 13.3 Å². The summed E-state index contributed by atoms with van der Waals surface area (Å²) in [4.78, 5) is 9.36. The fraction of sp³-hybridized carbons (Fsp3) is 0.286. The van der Waals surface area contributed by atoms with Crippen LogP contribution in [0, 0.1) is 6.92 Å². The molecule has 3 heterocycles. The van der Waals surface area contributed by atoms with E-state index in [1.807, 2.05) is 6.20 Å². The number of alkyl halides is 1. The maximum atomic E-state index is 4.74. The third-order valence-corrected chi connectivity index (χ3v) is 6.76. The molecule has 25 heavy (non-hydrogen) atoms. The summed E-state index contributed by atoms with van der Waals surface area (Å²) < 4.78 is 2.32. The molecule has 0 unspecified atom stereocenters. The summed E-state index contributed by atoms with van der Waals surface area (Å²) in [5.41, 5.74) is 7.71. The summed E-state index contributed by atoms with van der Waals surface area (Å²) in [6, 6.07) is 11.3. The molecule has 0 aliphatic carbocycles. The molecule has 0 spiro atoms. The third-order valence-electron chi connectivity index (χ3n) is 4.98. The molecule has 3 aromatic rings. The van der Waals surface area contributed by atoms with Crippen molar-refractivity contribution in [1.82, 2.24) is 12.7 Å². The number of aromatic nitrogens is 2.